The van der Waals surface area contributed by atoms with E-state index < -0.39 is 21.6 Å². The standard InChI is InChI=1S/C16H10BrNO4S/c17-10-5-7-11(8-6-10)23(21,22)18-14-9-15(19)12-3-1-2-4-13(12)16(14)20/h1-9,18H. The number of benzene rings is 2. The Balaban J connectivity index is 1.96. The molecule has 0 unspecified atom stereocenters. The molecule has 116 valence electrons. The lowest BCUT2D eigenvalue weighted by atomic mass is 9.93. The van der Waals surface area contributed by atoms with Crippen molar-refractivity contribution in [2.24, 2.45) is 0 Å². The van der Waals surface area contributed by atoms with E-state index in [0.29, 0.717) is 0 Å². The number of carbonyl (C=O) groups is 2. The van der Waals surface area contributed by atoms with E-state index in [2.05, 4.69) is 20.7 Å². The van der Waals surface area contributed by atoms with Crippen molar-refractivity contribution < 1.29 is 18.0 Å². The molecule has 2 aromatic carbocycles. The van der Waals surface area contributed by atoms with Gasteiger partial charge in [0.25, 0.3) is 10.0 Å². The molecule has 1 aliphatic carbocycles. The molecule has 0 atom stereocenters. The smallest absolute Gasteiger partial charge is 0.262 e. The maximum Gasteiger partial charge on any atom is 0.262 e. The predicted molar refractivity (Wildman–Crippen MR) is 87.6 cm³/mol. The molecule has 0 fully saturated rings. The number of fused-ring (bicyclic) bond motifs is 1. The fourth-order valence-corrected chi connectivity index (χ4v) is 3.53. The van der Waals surface area contributed by atoms with Crippen molar-refractivity contribution in [1.82, 2.24) is 4.72 Å². The lowest BCUT2D eigenvalue weighted by Gasteiger charge is -2.16. The monoisotopic (exact) mass is 391 g/mol. The van der Waals surface area contributed by atoms with Gasteiger partial charge in [0.05, 0.1) is 4.90 Å². The van der Waals surface area contributed by atoms with Gasteiger partial charge in [-0.3, -0.25) is 14.3 Å². The number of nitrogens with one attached hydrogen (secondary N) is 1. The summed E-state index contributed by atoms with van der Waals surface area (Å²) in [6.07, 6.45) is 1.01. The Morgan fingerprint density at radius 1 is 0.870 bits per heavy atom. The van der Waals surface area contributed by atoms with Crippen LogP contribution in [0.1, 0.15) is 20.7 Å². The maximum absolute atomic E-state index is 12.4. The van der Waals surface area contributed by atoms with Gasteiger partial charge in [-0.25, -0.2) is 8.42 Å². The largest absolute Gasteiger partial charge is 0.289 e. The normalized spacial score (nSPS) is 14.2. The summed E-state index contributed by atoms with van der Waals surface area (Å²) in [6, 6.07) is 12.2. The maximum atomic E-state index is 12.4. The van der Waals surface area contributed by atoms with E-state index in [-0.39, 0.29) is 21.7 Å². The number of allylic oxidation sites excluding steroid dienone is 2. The first-order valence-corrected chi connectivity index (χ1v) is 8.84. The second-order valence-electron chi connectivity index (χ2n) is 4.86. The summed E-state index contributed by atoms with van der Waals surface area (Å²) < 4.78 is 27.6. The van der Waals surface area contributed by atoms with Crippen molar-refractivity contribution >= 4 is 37.5 Å². The SMILES string of the molecule is O=C1C=C(NS(=O)(=O)c2ccc(Br)cc2)C(=O)c2ccccc21. The highest BCUT2D eigenvalue weighted by Gasteiger charge is 2.28. The highest BCUT2D eigenvalue weighted by atomic mass is 79.9. The van der Waals surface area contributed by atoms with Crippen LogP contribution >= 0.6 is 15.9 Å². The van der Waals surface area contributed by atoms with Crippen LogP contribution in [0, 0.1) is 0 Å². The van der Waals surface area contributed by atoms with Crippen molar-refractivity contribution in [3.8, 4) is 0 Å². The van der Waals surface area contributed by atoms with E-state index in [9.17, 15) is 18.0 Å². The molecule has 0 aromatic heterocycles. The van der Waals surface area contributed by atoms with Crippen molar-refractivity contribution in [2.75, 3.05) is 0 Å². The molecule has 0 radical (unpaired) electrons. The number of hydrogen-bond acceptors (Lipinski definition) is 4. The Bertz CT molecular complexity index is 946. The van der Waals surface area contributed by atoms with E-state index in [0.717, 1.165) is 10.5 Å². The zero-order valence-corrected chi connectivity index (χ0v) is 14.0. The van der Waals surface area contributed by atoms with Gasteiger partial charge in [-0.15, -0.1) is 0 Å². The van der Waals surface area contributed by atoms with E-state index in [1.807, 2.05) is 0 Å². The summed E-state index contributed by atoms with van der Waals surface area (Å²) in [5, 5.41) is 0. The van der Waals surface area contributed by atoms with Crippen LogP contribution in [0.15, 0.2) is 69.7 Å². The number of Topliss-reactive ketones (excluding diaryl/α,β-unsaturated/α-hetero) is 1. The molecule has 3 rings (SSSR count). The second kappa shape index (κ2) is 5.75. The third-order valence-electron chi connectivity index (χ3n) is 3.33. The predicted octanol–water partition coefficient (Wildman–Crippen LogP) is 2.69. The highest BCUT2D eigenvalue weighted by molar-refractivity contribution is 9.10. The number of halogens is 1. The first kappa shape index (κ1) is 15.6. The fraction of sp³-hybridized carbons (Fsp3) is 0. The molecule has 7 heteroatoms. The van der Waals surface area contributed by atoms with Crippen molar-refractivity contribution in [3.05, 3.63) is 75.9 Å². The third-order valence-corrected chi connectivity index (χ3v) is 5.24. The van der Waals surface area contributed by atoms with Gasteiger partial charge in [-0.2, -0.15) is 0 Å². The van der Waals surface area contributed by atoms with Gasteiger partial charge in [0.1, 0.15) is 5.70 Å². The lowest BCUT2D eigenvalue weighted by molar-refractivity contribution is 0.0981. The minimum absolute atomic E-state index is 0.000655. The first-order chi connectivity index (χ1) is 10.9. The molecule has 0 amide bonds. The molecule has 0 saturated carbocycles. The van der Waals surface area contributed by atoms with E-state index in [4.69, 9.17) is 0 Å². The first-order valence-electron chi connectivity index (χ1n) is 6.56. The van der Waals surface area contributed by atoms with Crippen LogP contribution in [-0.2, 0) is 10.0 Å². The van der Waals surface area contributed by atoms with E-state index >= 15 is 0 Å². The van der Waals surface area contributed by atoms with Crippen LogP contribution in [-0.4, -0.2) is 20.0 Å². The Morgan fingerprint density at radius 2 is 1.48 bits per heavy atom. The number of sulfonamides is 1. The Morgan fingerprint density at radius 3 is 2.13 bits per heavy atom. The van der Waals surface area contributed by atoms with Crippen LogP contribution in [0.25, 0.3) is 0 Å². The van der Waals surface area contributed by atoms with Gasteiger partial charge >= 0.3 is 0 Å². The van der Waals surface area contributed by atoms with E-state index in [1.165, 1.54) is 24.3 Å². The van der Waals surface area contributed by atoms with Gasteiger partial charge < -0.3 is 0 Å². The summed E-state index contributed by atoms with van der Waals surface area (Å²) in [6.45, 7) is 0. The zero-order valence-electron chi connectivity index (χ0n) is 11.6. The average Bonchev–Trinajstić information content (AvgIpc) is 2.52. The van der Waals surface area contributed by atoms with Crippen LogP contribution in [0.2, 0.25) is 0 Å². The highest BCUT2D eigenvalue weighted by Crippen LogP contribution is 2.22. The lowest BCUT2D eigenvalue weighted by Crippen LogP contribution is -2.31. The number of ketones is 2. The van der Waals surface area contributed by atoms with Gasteiger partial charge in [0.2, 0.25) is 5.78 Å². The summed E-state index contributed by atoms with van der Waals surface area (Å²) >= 11 is 3.22. The van der Waals surface area contributed by atoms with Gasteiger partial charge in [0.15, 0.2) is 5.78 Å². The number of hydrogen-bond donors (Lipinski definition) is 1. The quantitative estimate of drug-likeness (QED) is 0.871. The summed E-state index contributed by atoms with van der Waals surface area (Å²) in [7, 11) is -3.95. The number of carbonyl (C=O) groups excluding carboxylic acids is 2. The molecule has 0 saturated heterocycles. The fourth-order valence-electron chi connectivity index (χ4n) is 2.21. The number of rotatable bonds is 3. The topological polar surface area (TPSA) is 80.3 Å². The Hall–Kier alpha value is -2.25. The van der Waals surface area contributed by atoms with Crippen molar-refractivity contribution in [2.45, 2.75) is 4.90 Å². The van der Waals surface area contributed by atoms with Crippen molar-refractivity contribution in [3.63, 3.8) is 0 Å². The molecule has 0 spiro atoms. The van der Waals surface area contributed by atoms with Crippen LogP contribution in [0.5, 0.6) is 0 Å². The molecule has 5 nitrogen and oxygen atoms in total. The van der Waals surface area contributed by atoms with Crippen LogP contribution in [0.3, 0.4) is 0 Å². The molecular weight excluding hydrogens is 382 g/mol. The third kappa shape index (κ3) is 2.97. The van der Waals surface area contributed by atoms with Gasteiger partial charge in [0, 0.05) is 21.7 Å². The van der Waals surface area contributed by atoms with E-state index in [1.54, 1.807) is 24.3 Å². The average molecular weight is 392 g/mol. The molecule has 0 bridgehead atoms. The van der Waals surface area contributed by atoms with Crippen LogP contribution in [0.4, 0.5) is 0 Å². The Labute approximate surface area is 141 Å². The minimum Gasteiger partial charge on any atom is -0.289 e. The van der Waals surface area contributed by atoms with Crippen LogP contribution < -0.4 is 4.72 Å². The molecule has 1 N–H and O–H groups in total. The second-order valence-corrected chi connectivity index (χ2v) is 7.45. The molecule has 23 heavy (non-hydrogen) atoms. The molecule has 0 aliphatic heterocycles. The minimum atomic E-state index is -3.95. The summed E-state index contributed by atoms with van der Waals surface area (Å²) in [5.74, 6) is -0.936. The van der Waals surface area contributed by atoms with Crippen molar-refractivity contribution in [1.29, 1.82) is 0 Å². The zero-order chi connectivity index (χ0) is 16.6. The molecular formula is C16H10BrNO4S. The van der Waals surface area contributed by atoms with Gasteiger partial charge in [-0.1, -0.05) is 40.2 Å². The molecule has 0 heterocycles. The van der Waals surface area contributed by atoms with Gasteiger partial charge in [-0.05, 0) is 24.3 Å². The Kier molecular flexibility index (Phi) is 3.91. The summed E-state index contributed by atoms with van der Waals surface area (Å²) in [5.41, 5.74) is 0.203. The molecule has 2 aromatic rings. The molecule has 1 aliphatic rings. The summed E-state index contributed by atoms with van der Waals surface area (Å²) in [4.78, 5) is 24.4.